The van der Waals surface area contributed by atoms with Crippen molar-refractivity contribution in [1.29, 1.82) is 0 Å². The predicted octanol–water partition coefficient (Wildman–Crippen LogP) is 2.99. The summed E-state index contributed by atoms with van der Waals surface area (Å²) < 4.78 is 1.84. The van der Waals surface area contributed by atoms with E-state index in [1.165, 1.54) is 0 Å². The molecule has 0 saturated carbocycles. The molecule has 19 heavy (non-hydrogen) atoms. The molecule has 0 aliphatic heterocycles. The van der Waals surface area contributed by atoms with Crippen LogP contribution in [-0.4, -0.2) is 28.8 Å². The van der Waals surface area contributed by atoms with Gasteiger partial charge in [0, 0.05) is 24.8 Å². The van der Waals surface area contributed by atoms with Crippen LogP contribution in [0.3, 0.4) is 0 Å². The van der Waals surface area contributed by atoms with Crippen LogP contribution in [0.15, 0.2) is 42.6 Å². The molecule has 100 valence electrons. The highest BCUT2D eigenvalue weighted by atomic mass is 35.5. The van der Waals surface area contributed by atoms with E-state index >= 15 is 0 Å². The predicted molar refractivity (Wildman–Crippen MR) is 77.5 cm³/mol. The van der Waals surface area contributed by atoms with Crippen molar-refractivity contribution in [2.24, 2.45) is 7.05 Å². The van der Waals surface area contributed by atoms with Gasteiger partial charge in [0.15, 0.2) is 5.78 Å². The van der Waals surface area contributed by atoms with Crippen molar-refractivity contribution < 1.29 is 4.79 Å². The number of rotatable bonds is 5. The summed E-state index contributed by atoms with van der Waals surface area (Å²) in [6, 6.07) is 11.4. The van der Waals surface area contributed by atoms with Gasteiger partial charge < -0.3 is 4.57 Å². The Morgan fingerprint density at radius 2 is 2.11 bits per heavy atom. The Kier molecular flexibility index (Phi) is 4.40. The number of aromatic nitrogens is 1. The van der Waals surface area contributed by atoms with Gasteiger partial charge in [-0.05, 0) is 36.9 Å². The first-order chi connectivity index (χ1) is 9.06. The van der Waals surface area contributed by atoms with Gasteiger partial charge in [0.2, 0.25) is 0 Å². The first kappa shape index (κ1) is 13.8. The number of aryl methyl sites for hydroxylation is 1. The zero-order chi connectivity index (χ0) is 13.8. The normalized spacial score (nSPS) is 10.9. The molecule has 0 fully saturated rings. The third-order valence-electron chi connectivity index (χ3n) is 2.98. The largest absolute Gasteiger partial charge is 0.348 e. The molecule has 0 spiro atoms. The van der Waals surface area contributed by atoms with Gasteiger partial charge in [0.05, 0.1) is 12.2 Å². The molecule has 4 heteroatoms. The average Bonchev–Trinajstić information content (AvgIpc) is 2.75. The van der Waals surface area contributed by atoms with Crippen molar-refractivity contribution >= 4 is 17.4 Å². The van der Waals surface area contributed by atoms with Crippen molar-refractivity contribution in [2.45, 2.75) is 6.54 Å². The number of hydrogen-bond donors (Lipinski definition) is 0. The van der Waals surface area contributed by atoms with E-state index < -0.39 is 0 Å². The van der Waals surface area contributed by atoms with E-state index in [1.807, 2.05) is 66.2 Å². The van der Waals surface area contributed by atoms with Crippen LogP contribution < -0.4 is 0 Å². The zero-order valence-corrected chi connectivity index (χ0v) is 11.9. The first-order valence-corrected chi connectivity index (χ1v) is 6.51. The number of hydrogen-bond acceptors (Lipinski definition) is 2. The summed E-state index contributed by atoms with van der Waals surface area (Å²) in [6.07, 6.45) is 1.88. The second-order valence-electron chi connectivity index (χ2n) is 4.73. The molecule has 0 saturated heterocycles. The lowest BCUT2D eigenvalue weighted by Crippen LogP contribution is -2.26. The van der Waals surface area contributed by atoms with Crippen LogP contribution >= 0.6 is 11.6 Å². The summed E-state index contributed by atoms with van der Waals surface area (Å²) in [5.41, 5.74) is 1.84. The van der Waals surface area contributed by atoms with Gasteiger partial charge in [-0.1, -0.05) is 23.7 Å². The summed E-state index contributed by atoms with van der Waals surface area (Å²) in [6.45, 7) is 1.10. The Balaban J connectivity index is 1.96. The van der Waals surface area contributed by atoms with Gasteiger partial charge in [-0.2, -0.15) is 0 Å². The Morgan fingerprint density at radius 1 is 1.32 bits per heavy atom. The summed E-state index contributed by atoms with van der Waals surface area (Å²) >= 11 is 5.95. The molecule has 0 N–H and O–H groups in total. The van der Waals surface area contributed by atoms with Crippen molar-refractivity contribution in [3.8, 4) is 0 Å². The summed E-state index contributed by atoms with van der Waals surface area (Å²) in [5.74, 6) is 0.122. The number of carbonyl (C=O) groups excluding carboxylic acids is 1. The van der Waals surface area contributed by atoms with Gasteiger partial charge in [-0.3, -0.25) is 9.69 Å². The smallest absolute Gasteiger partial charge is 0.193 e. The van der Waals surface area contributed by atoms with Crippen LogP contribution in [0.25, 0.3) is 0 Å². The lowest BCUT2D eigenvalue weighted by Gasteiger charge is -2.16. The lowest BCUT2D eigenvalue weighted by molar-refractivity contribution is 0.0935. The molecule has 2 rings (SSSR count). The van der Waals surface area contributed by atoms with E-state index in [1.54, 1.807) is 0 Å². The van der Waals surface area contributed by atoms with Gasteiger partial charge in [-0.15, -0.1) is 0 Å². The number of nitrogens with zero attached hydrogens (tertiary/aromatic N) is 2. The topological polar surface area (TPSA) is 25.2 Å². The van der Waals surface area contributed by atoms with Crippen LogP contribution in [0.4, 0.5) is 0 Å². The molecule has 0 aliphatic carbocycles. The van der Waals surface area contributed by atoms with Crippen LogP contribution in [0.2, 0.25) is 5.02 Å². The van der Waals surface area contributed by atoms with Gasteiger partial charge in [0.1, 0.15) is 0 Å². The summed E-state index contributed by atoms with van der Waals surface area (Å²) in [5, 5.41) is 0.722. The SMILES string of the molecule is CN(CC(=O)c1cccn1C)Cc1cccc(Cl)c1. The lowest BCUT2D eigenvalue weighted by atomic mass is 10.2. The fraction of sp³-hybridized carbons (Fsp3) is 0.267. The Bertz CT molecular complexity index is 577. The Hall–Kier alpha value is -1.58. The second kappa shape index (κ2) is 6.04. The average molecular weight is 277 g/mol. The minimum absolute atomic E-state index is 0.122. The van der Waals surface area contributed by atoms with Gasteiger partial charge in [0.25, 0.3) is 0 Å². The van der Waals surface area contributed by atoms with Crippen molar-refractivity contribution in [1.82, 2.24) is 9.47 Å². The van der Waals surface area contributed by atoms with Gasteiger partial charge >= 0.3 is 0 Å². The van der Waals surface area contributed by atoms with Crippen molar-refractivity contribution in [3.05, 3.63) is 58.9 Å². The van der Waals surface area contributed by atoms with E-state index in [-0.39, 0.29) is 5.78 Å². The van der Waals surface area contributed by atoms with E-state index in [0.29, 0.717) is 13.1 Å². The molecule has 0 atom stereocenters. The monoisotopic (exact) mass is 276 g/mol. The van der Waals surface area contributed by atoms with E-state index in [4.69, 9.17) is 11.6 Å². The summed E-state index contributed by atoms with van der Waals surface area (Å²) in [7, 11) is 3.81. The number of halogens is 1. The maximum absolute atomic E-state index is 12.1. The third-order valence-corrected chi connectivity index (χ3v) is 3.22. The van der Waals surface area contributed by atoms with Crippen LogP contribution in [0, 0.1) is 0 Å². The van der Waals surface area contributed by atoms with Crippen LogP contribution in [0.5, 0.6) is 0 Å². The minimum Gasteiger partial charge on any atom is -0.348 e. The van der Waals surface area contributed by atoms with Crippen molar-refractivity contribution in [3.63, 3.8) is 0 Å². The first-order valence-electron chi connectivity index (χ1n) is 6.14. The molecular weight excluding hydrogens is 260 g/mol. The van der Waals surface area contributed by atoms with Crippen LogP contribution in [-0.2, 0) is 13.6 Å². The molecule has 0 radical (unpaired) electrons. The maximum Gasteiger partial charge on any atom is 0.193 e. The Morgan fingerprint density at radius 3 is 2.74 bits per heavy atom. The molecule has 0 aliphatic rings. The molecule has 0 unspecified atom stereocenters. The zero-order valence-electron chi connectivity index (χ0n) is 11.1. The standard InChI is InChI=1S/C15H17ClN2O/c1-17(10-12-5-3-6-13(16)9-12)11-15(19)14-7-4-8-18(14)2/h3-9H,10-11H2,1-2H3. The molecule has 0 bridgehead atoms. The number of benzene rings is 1. The maximum atomic E-state index is 12.1. The third kappa shape index (κ3) is 3.69. The van der Waals surface area contributed by atoms with Crippen molar-refractivity contribution in [2.75, 3.05) is 13.6 Å². The number of Topliss-reactive ketones (excluding diaryl/α,β-unsaturated/α-hetero) is 1. The minimum atomic E-state index is 0.122. The molecule has 1 aromatic carbocycles. The molecule has 2 aromatic rings. The number of likely N-dealkylation sites (N-methyl/N-ethyl adjacent to an activating group) is 1. The van der Waals surface area contributed by atoms with E-state index in [9.17, 15) is 4.79 Å². The quantitative estimate of drug-likeness (QED) is 0.785. The van der Waals surface area contributed by atoms with Gasteiger partial charge in [-0.25, -0.2) is 0 Å². The fourth-order valence-corrected chi connectivity index (χ4v) is 2.29. The van der Waals surface area contributed by atoms with E-state index in [0.717, 1.165) is 16.3 Å². The second-order valence-corrected chi connectivity index (χ2v) is 5.17. The number of carbonyl (C=O) groups is 1. The molecular formula is C15H17ClN2O. The fourth-order valence-electron chi connectivity index (χ4n) is 2.08. The number of ketones is 1. The highest BCUT2D eigenvalue weighted by molar-refractivity contribution is 6.30. The van der Waals surface area contributed by atoms with E-state index in [2.05, 4.69) is 0 Å². The summed E-state index contributed by atoms with van der Waals surface area (Å²) in [4.78, 5) is 14.1. The molecule has 1 aromatic heterocycles. The highest BCUT2D eigenvalue weighted by Gasteiger charge is 2.12. The highest BCUT2D eigenvalue weighted by Crippen LogP contribution is 2.12. The molecule has 3 nitrogen and oxygen atoms in total. The Labute approximate surface area is 118 Å². The molecule has 1 heterocycles. The molecule has 0 amide bonds. The van der Waals surface area contributed by atoms with Crippen LogP contribution in [0.1, 0.15) is 16.1 Å².